The van der Waals surface area contributed by atoms with Gasteiger partial charge in [-0.05, 0) is 55.3 Å². The van der Waals surface area contributed by atoms with E-state index in [0.717, 1.165) is 46.6 Å². The molecule has 0 unspecified atom stereocenters. The van der Waals surface area contributed by atoms with Crippen molar-refractivity contribution in [2.45, 2.75) is 25.8 Å². The number of nitrogens with one attached hydrogen (secondary N) is 2. The fourth-order valence-electron chi connectivity index (χ4n) is 3.85. The number of aromatic nitrogens is 3. The number of benzene rings is 2. The van der Waals surface area contributed by atoms with Crippen LogP contribution in [0.2, 0.25) is 0 Å². The standard InChI is InChI=1S/C27H30N8O2/c28-11-1-2-14-37-23-6-3-5-20(15-23)24-16-21-18-35(27(36)34-25(21)33-24)22-9-7-19(8-10-22)17-31-12-4-13-32-26(29)30/h3,5-10,15-16,18,31H,1-2,4,12-14,17H2,(H4,29,30,32)(H,33,34,36). The molecule has 0 spiro atoms. The summed E-state index contributed by atoms with van der Waals surface area (Å²) < 4.78 is 7.29. The Morgan fingerprint density at radius 3 is 2.78 bits per heavy atom. The first kappa shape index (κ1) is 25.5. The highest BCUT2D eigenvalue weighted by Gasteiger charge is 2.10. The van der Waals surface area contributed by atoms with Crippen LogP contribution < -0.4 is 27.2 Å². The lowest BCUT2D eigenvalue weighted by atomic mass is 10.1. The monoisotopic (exact) mass is 498 g/mol. The molecule has 37 heavy (non-hydrogen) atoms. The summed E-state index contributed by atoms with van der Waals surface area (Å²) in [6, 6.07) is 19.6. The molecular formula is C27H30N8O2. The first-order chi connectivity index (χ1) is 18.0. The Kier molecular flexibility index (Phi) is 8.52. The molecule has 0 aliphatic rings. The van der Waals surface area contributed by atoms with Crippen LogP contribution in [-0.4, -0.2) is 40.2 Å². The number of H-pyrrole nitrogens is 1. The largest absolute Gasteiger partial charge is 0.494 e. The predicted molar refractivity (Wildman–Crippen MR) is 144 cm³/mol. The number of rotatable bonds is 12. The van der Waals surface area contributed by atoms with Gasteiger partial charge in [0.15, 0.2) is 5.96 Å². The number of nitriles is 1. The molecule has 0 aliphatic heterocycles. The van der Waals surface area contributed by atoms with E-state index in [9.17, 15) is 4.79 Å². The number of hydrogen-bond acceptors (Lipinski definition) is 6. The molecule has 0 aliphatic carbocycles. The molecule has 4 rings (SSSR count). The van der Waals surface area contributed by atoms with Crippen LogP contribution >= 0.6 is 0 Å². The normalized spacial score (nSPS) is 10.8. The van der Waals surface area contributed by atoms with Gasteiger partial charge >= 0.3 is 5.69 Å². The maximum atomic E-state index is 12.8. The number of ether oxygens (including phenoxy) is 1. The Bertz CT molecular complexity index is 1460. The van der Waals surface area contributed by atoms with Gasteiger partial charge < -0.3 is 26.5 Å². The molecule has 4 aromatic rings. The molecule has 0 saturated carbocycles. The molecule has 0 amide bonds. The molecule has 190 valence electrons. The van der Waals surface area contributed by atoms with Gasteiger partial charge in [-0.1, -0.05) is 24.3 Å². The van der Waals surface area contributed by atoms with Crippen molar-refractivity contribution in [3.8, 4) is 28.8 Å². The SMILES string of the molecule is N#CCCCOc1cccc(-c2cc3cn(-c4ccc(CNCCCN=C(N)N)cc4)c(=O)nc3[nH]2)c1. The van der Waals surface area contributed by atoms with Gasteiger partial charge in [-0.25, -0.2) is 4.79 Å². The third kappa shape index (κ3) is 6.96. The van der Waals surface area contributed by atoms with Crippen LogP contribution in [0, 0.1) is 11.3 Å². The number of guanidine groups is 1. The second kappa shape index (κ2) is 12.4. The Morgan fingerprint density at radius 2 is 2.00 bits per heavy atom. The first-order valence-electron chi connectivity index (χ1n) is 12.1. The fourth-order valence-corrected chi connectivity index (χ4v) is 3.85. The van der Waals surface area contributed by atoms with E-state index in [4.69, 9.17) is 21.5 Å². The highest BCUT2D eigenvalue weighted by Crippen LogP contribution is 2.26. The van der Waals surface area contributed by atoms with Crippen LogP contribution in [0.3, 0.4) is 0 Å². The second-order valence-electron chi connectivity index (χ2n) is 8.52. The number of nitrogens with two attached hydrogens (primary N) is 2. The lowest BCUT2D eigenvalue weighted by molar-refractivity contribution is 0.313. The zero-order valence-electron chi connectivity index (χ0n) is 20.5. The van der Waals surface area contributed by atoms with Gasteiger partial charge in [0.2, 0.25) is 0 Å². The molecule has 2 aromatic heterocycles. The molecule has 0 fully saturated rings. The van der Waals surface area contributed by atoms with Crippen molar-refractivity contribution >= 4 is 17.0 Å². The maximum absolute atomic E-state index is 12.8. The fraction of sp³-hybridized carbons (Fsp3) is 0.259. The van der Waals surface area contributed by atoms with E-state index in [2.05, 4.69) is 26.3 Å². The van der Waals surface area contributed by atoms with Crippen molar-refractivity contribution in [1.82, 2.24) is 19.9 Å². The Hall–Kier alpha value is -4.62. The van der Waals surface area contributed by atoms with E-state index >= 15 is 0 Å². The van der Waals surface area contributed by atoms with E-state index in [1.165, 1.54) is 0 Å². The zero-order chi connectivity index (χ0) is 26.0. The molecule has 10 nitrogen and oxygen atoms in total. The van der Waals surface area contributed by atoms with Gasteiger partial charge in [0.1, 0.15) is 11.4 Å². The summed E-state index contributed by atoms with van der Waals surface area (Å²) in [5, 5.41) is 12.8. The molecule has 0 bridgehead atoms. The number of unbranched alkanes of at least 4 members (excludes halogenated alkanes) is 1. The van der Waals surface area contributed by atoms with Gasteiger partial charge in [-0.3, -0.25) is 9.56 Å². The van der Waals surface area contributed by atoms with Crippen molar-refractivity contribution < 1.29 is 4.74 Å². The van der Waals surface area contributed by atoms with E-state index < -0.39 is 0 Å². The number of nitrogens with zero attached hydrogens (tertiary/aromatic N) is 4. The minimum absolute atomic E-state index is 0.109. The zero-order valence-corrected chi connectivity index (χ0v) is 20.5. The third-order valence-corrected chi connectivity index (χ3v) is 5.70. The summed E-state index contributed by atoms with van der Waals surface area (Å²) in [5.74, 6) is 0.836. The maximum Gasteiger partial charge on any atom is 0.354 e. The molecule has 0 radical (unpaired) electrons. The van der Waals surface area contributed by atoms with Gasteiger partial charge in [0.05, 0.1) is 18.4 Å². The number of hydrogen-bond donors (Lipinski definition) is 4. The molecular weight excluding hydrogens is 468 g/mol. The molecule has 2 aromatic carbocycles. The smallest absolute Gasteiger partial charge is 0.354 e. The van der Waals surface area contributed by atoms with Crippen LogP contribution in [0.25, 0.3) is 28.0 Å². The lowest BCUT2D eigenvalue weighted by Crippen LogP contribution is -2.23. The Morgan fingerprint density at radius 1 is 1.16 bits per heavy atom. The summed E-state index contributed by atoms with van der Waals surface area (Å²) >= 11 is 0. The average Bonchev–Trinajstić information content (AvgIpc) is 3.31. The molecule has 0 saturated heterocycles. The lowest BCUT2D eigenvalue weighted by Gasteiger charge is -2.08. The van der Waals surface area contributed by atoms with Crippen molar-refractivity contribution in [3.63, 3.8) is 0 Å². The van der Waals surface area contributed by atoms with Crippen molar-refractivity contribution in [2.75, 3.05) is 19.7 Å². The minimum Gasteiger partial charge on any atom is -0.494 e. The molecule has 2 heterocycles. The van der Waals surface area contributed by atoms with Crippen LogP contribution in [0.1, 0.15) is 24.8 Å². The average molecular weight is 499 g/mol. The van der Waals surface area contributed by atoms with E-state index in [0.29, 0.717) is 38.2 Å². The number of aromatic amines is 1. The van der Waals surface area contributed by atoms with Crippen molar-refractivity contribution in [2.24, 2.45) is 16.5 Å². The summed E-state index contributed by atoms with van der Waals surface area (Å²) in [7, 11) is 0. The highest BCUT2D eigenvalue weighted by molar-refractivity contribution is 5.82. The third-order valence-electron chi connectivity index (χ3n) is 5.70. The quantitative estimate of drug-likeness (QED) is 0.133. The summed E-state index contributed by atoms with van der Waals surface area (Å²) in [4.78, 5) is 24.2. The van der Waals surface area contributed by atoms with Crippen molar-refractivity contribution in [3.05, 3.63) is 76.8 Å². The number of fused-ring (bicyclic) bond motifs is 1. The van der Waals surface area contributed by atoms with Gasteiger partial charge in [-0.15, -0.1) is 0 Å². The van der Waals surface area contributed by atoms with Gasteiger partial charge in [-0.2, -0.15) is 10.2 Å². The topological polar surface area (TPSA) is 160 Å². The van der Waals surface area contributed by atoms with E-state index in [1.54, 1.807) is 10.8 Å². The summed E-state index contributed by atoms with van der Waals surface area (Å²) in [5.41, 5.74) is 14.4. The second-order valence-corrected chi connectivity index (χ2v) is 8.52. The first-order valence-corrected chi connectivity index (χ1v) is 12.1. The van der Waals surface area contributed by atoms with Crippen LogP contribution in [0.15, 0.2) is 70.6 Å². The Balaban J connectivity index is 1.44. The van der Waals surface area contributed by atoms with Gasteiger partial charge in [0, 0.05) is 42.4 Å². The van der Waals surface area contributed by atoms with E-state index in [1.807, 2.05) is 54.6 Å². The van der Waals surface area contributed by atoms with Crippen molar-refractivity contribution in [1.29, 1.82) is 5.26 Å². The summed E-state index contributed by atoms with van der Waals surface area (Å²) in [6.07, 6.45) is 3.78. The number of aliphatic imine (C=N–C) groups is 1. The van der Waals surface area contributed by atoms with Crippen LogP contribution in [-0.2, 0) is 6.54 Å². The molecule has 10 heteroatoms. The molecule has 6 N–H and O–H groups in total. The molecule has 0 atom stereocenters. The predicted octanol–water partition coefficient (Wildman–Crippen LogP) is 2.82. The van der Waals surface area contributed by atoms with Crippen LogP contribution in [0.5, 0.6) is 5.75 Å². The van der Waals surface area contributed by atoms with Crippen LogP contribution in [0.4, 0.5) is 0 Å². The highest BCUT2D eigenvalue weighted by atomic mass is 16.5. The minimum atomic E-state index is -0.360. The van der Waals surface area contributed by atoms with E-state index in [-0.39, 0.29) is 11.6 Å². The summed E-state index contributed by atoms with van der Waals surface area (Å²) in [6.45, 7) is 2.58. The Labute approximate surface area is 214 Å². The van der Waals surface area contributed by atoms with Gasteiger partial charge in [0.25, 0.3) is 0 Å².